The van der Waals surface area contributed by atoms with Crippen LogP contribution in [0.3, 0.4) is 0 Å². The van der Waals surface area contributed by atoms with Crippen molar-refractivity contribution in [2.24, 2.45) is 4.99 Å². The van der Waals surface area contributed by atoms with Crippen molar-refractivity contribution in [2.75, 3.05) is 20.8 Å². The van der Waals surface area contributed by atoms with E-state index >= 15 is 0 Å². The third kappa shape index (κ3) is 4.94. The molecule has 1 aliphatic heterocycles. The molecule has 0 aliphatic carbocycles. The summed E-state index contributed by atoms with van der Waals surface area (Å²) < 4.78 is 17.8. The van der Waals surface area contributed by atoms with Crippen LogP contribution in [0.25, 0.3) is 0 Å². The first kappa shape index (κ1) is 23.1. The molecule has 1 atom stereocenters. The summed E-state index contributed by atoms with van der Waals surface area (Å²) in [7, 11) is 2.43. The lowest BCUT2D eigenvalue weighted by molar-refractivity contribution is 0.317. The Kier molecular flexibility index (Phi) is 7.11. The van der Waals surface area contributed by atoms with E-state index in [0.717, 1.165) is 39.4 Å². The Morgan fingerprint density at radius 2 is 1.26 bits per heavy atom. The molecule has 0 bridgehead atoms. The summed E-state index contributed by atoms with van der Waals surface area (Å²) in [5, 5.41) is 3.42. The largest absolute Gasteiger partial charge is 0.496 e. The molecule has 1 aliphatic rings. The topological polar surface area (TPSA) is 40.0 Å². The van der Waals surface area contributed by atoms with E-state index in [1.165, 1.54) is 5.56 Å². The maximum atomic E-state index is 6.20. The highest BCUT2D eigenvalue weighted by Gasteiger charge is 2.29. The zero-order valence-corrected chi connectivity index (χ0v) is 20.8. The maximum Gasteiger partial charge on any atom is 0.217 e. The Hall–Kier alpha value is -3.62. The lowest BCUT2D eigenvalue weighted by Gasteiger charge is -2.25. The number of rotatable bonds is 8. The minimum Gasteiger partial charge on any atom is -0.496 e. The molecule has 1 heterocycles. The zero-order chi connectivity index (χ0) is 24.0. The van der Waals surface area contributed by atoms with Crippen LogP contribution in [0.1, 0.15) is 11.1 Å². The second-order valence-electron chi connectivity index (χ2n) is 8.29. The third-order valence-electron chi connectivity index (χ3n) is 6.05. The molecule has 0 spiro atoms. The molecule has 0 unspecified atom stereocenters. The van der Waals surface area contributed by atoms with Crippen molar-refractivity contribution in [1.29, 1.82) is 0 Å². The number of methoxy groups -OCH3 is 2. The zero-order valence-electron chi connectivity index (χ0n) is 19.9. The summed E-state index contributed by atoms with van der Waals surface area (Å²) in [5.74, 6) is 2.42. The molecule has 0 N–H and O–H groups in total. The van der Waals surface area contributed by atoms with Crippen LogP contribution in [0.2, 0.25) is 0 Å². The monoisotopic (exact) mass is 481 g/mol. The van der Waals surface area contributed by atoms with Crippen LogP contribution in [0.4, 0.5) is 0 Å². The Morgan fingerprint density at radius 1 is 0.714 bits per heavy atom. The van der Waals surface area contributed by atoms with Gasteiger partial charge in [-0.2, -0.15) is 0 Å². The number of aliphatic imine (C=N–C) groups is 1. The average molecular weight is 482 g/mol. The number of nitrogens with zero attached hydrogens (tertiary/aromatic N) is 1. The van der Waals surface area contributed by atoms with Gasteiger partial charge in [0.2, 0.25) is 5.90 Å². The van der Waals surface area contributed by atoms with Crippen LogP contribution < -0.4 is 25.4 Å². The first-order valence-electron chi connectivity index (χ1n) is 11.7. The normalized spacial score (nSPS) is 14.9. The minimum absolute atomic E-state index is 0.101. The van der Waals surface area contributed by atoms with Crippen LogP contribution in [-0.4, -0.2) is 32.8 Å². The quantitative estimate of drug-likeness (QED) is 0.338. The Balaban J connectivity index is 1.61. The molecule has 4 nitrogen and oxygen atoms in total. The van der Waals surface area contributed by atoms with Crippen molar-refractivity contribution in [3.8, 4) is 11.5 Å². The highest BCUT2D eigenvalue weighted by molar-refractivity contribution is 7.80. The first-order valence-corrected chi connectivity index (χ1v) is 13.0. The molecule has 0 aromatic heterocycles. The predicted octanol–water partition coefficient (Wildman–Crippen LogP) is 4.85. The Labute approximate surface area is 208 Å². The van der Waals surface area contributed by atoms with Gasteiger partial charge in [-0.05, 0) is 43.4 Å². The van der Waals surface area contributed by atoms with Gasteiger partial charge in [0.05, 0.1) is 20.3 Å². The van der Waals surface area contributed by atoms with Gasteiger partial charge < -0.3 is 14.2 Å². The smallest absolute Gasteiger partial charge is 0.217 e. The van der Waals surface area contributed by atoms with Crippen molar-refractivity contribution in [1.82, 2.24) is 0 Å². The molecular formula is C30H28NO3P. The number of hydrogen-bond donors (Lipinski definition) is 0. The SMILES string of the molecule is COc1ccccc1P(c1ccccc1OC)c1ccccc1C1=N[C@@H](Cc2ccccc2)CO1. The highest BCUT2D eigenvalue weighted by Crippen LogP contribution is 2.40. The van der Waals surface area contributed by atoms with Crippen molar-refractivity contribution >= 4 is 29.7 Å². The van der Waals surface area contributed by atoms with Crippen molar-refractivity contribution in [3.05, 3.63) is 114 Å². The van der Waals surface area contributed by atoms with Crippen molar-refractivity contribution < 1.29 is 14.2 Å². The molecule has 0 fully saturated rings. The van der Waals surface area contributed by atoms with Gasteiger partial charge in [-0.25, -0.2) is 4.99 Å². The van der Waals surface area contributed by atoms with E-state index in [1.54, 1.807) is 14.2 Å². The molecule has 0 radical (unpaired) electrons. The summed E-state index contributed by atoms with van der Waals surface area (Å²) in [6, 6.07) is 35.4. The lowest BCUT2D eigenvalue weighted by atomic mass is 10.1. The molecule has 5 rings (SSSR count). The summed E-state index contributed by atoms with van der Waals surface area (Å²) >= 11 is 0. The van der Waals surface area contributed by atoms with E-state index < -0.39 is 7.92 Å². The molecule has 0 saturated carbocycles. The van der Waals surface area contributed by atoms with E-state index in [9.17, 15) is 0 Å². The van der Waals surface area contributed by atoms with Crippen molar-refractivity contribution in [3.63, 3.8) is 0 Å². The second kappa shape index (κ2) is 10.8. The third-order valence-corrected chi connectivity index (χ3v) is 8.63. The molecule has 0 amide bonds. The van der Waals surface area contributed by atoms with E-state index in [2.05, 4.69) is 66.7 Å². The first-order chi connectivity index (χ1) is 17.3. The van der Waals surface area contributed by atoms with Gasteiger partial charge in [0.15, 0.2) is 0 Å². The fourth-order valence-electron chi connectivity index (χ4n) is 4.42. The Morgan fingerprint density at radius 3 is 1.89 bits per heavy atom. The van der Waals surface area contributed by atoms with Gasteiger partial charge >= 0.3 is 0 Å². The van der Waals surface area contributed by atoms with Crippen LogP contribution >= 0.6 is 7.92 Å². The summed E-state index contributed by atoms with van der Waals surface area (Å²) in [6.07, 6.45) is 0.861. The van der Waals surface area contributed by atoms with E-state index in [1.807, 2.05) is 36.4 Å². The Bertz CT molecular complexity index is 1270. The molecular weight excluding hydrogens is 453 g/mol. The van der Waals surface area contributed by atoms with Gasteiger partial charge in [-0.15, -0.1) is 0 Å². The molecule has 4 aromatic carbocycles. The maximum absolute atomic E-state index is 6.20. The number of benzene rings is 4. The molecule has 35 heavy (non-hydrogen) atoms. The fourth-order valence-corrected chi connectivity index (χ4v) is 7.09. The molecule has 5 heteroatoms. The van der Waals surface area contributed by atoms with E-state index in [0.29, 0.717) is 12.5 Å². The molecule has 176 valence electrons. The van der Waals surface area contributed by atoms with E-state index in [-0.39, 0.29) is 6.04 Å². The van der Waals surface area contributed by atoms with Crippen LogP contribution in [0.5, 0.6) is 11.5 Å². The van der Waals surface area contributed by atoms with Crippen LogP contribution in [0, 0.1) is 0 Å². The minimum atomic E-state index is -1.01. The van der Waals surface area contributed by atoms with Crippen LogP contribution in [0.15, 0.2) is 108 Å². The van der Waals surface area contributed by atoms with E-state index in [4.69, 9.17) is 19.2 Å². The summed E-state index contributed by atoms with van der Waals surface area (Å²) in [4.78, 5) is 5.01. The average Bonchev–Trinajstić information content (AvgIpc) is 3.38. The van der Waals surface area contributed by atoms with Gasteiger partial charge in [0.25, 0.3) is 0 Å². The number of ether oxygens (including phenoxy) is 3. The van der Waals surface area contributed by atoms with Gasteiger partial charge in [0.1, 0.15) is 18.1 Å². The molecule has 0 saturated heterocycles. The molecule has 4 aromatic rings. The second-order valence-corrected chi connectivity index (χ2v) is 10.4. The summed E-state index contributed by atoms with van der Waals surface area (Å²) in [5.41, 5.74) is 2.29. The van der Waals surface area contributed by atoms with Gasteiger partial charge in [0, 0.05) is 16.2 Å². The predicted molar refractivity (Wildman–Crippen MR) is 145 cm³/mol. The number of para-hydroxylation sites is 2. The lowest BCUT2D eigenvalue weighted by Crippen LogP contribution is -2.27. The van der Waals surface area contributed by atoms with Gasteiger partial charge in [-0.3, -0.25) is 0 Å². The fraction of sp³-hybridized carbons (Fsp3) is 0.167. The highest BCUT2D eigenvalue weighted by atomic mass is 31.1. The number of hydrogen-bond acceptors (Lipinski definition) is 4. The van der Waals surface area contributed by atoms with Crippen LogP contribution in [-0.2, 0) is 11.2 Å². The standard InChI is InChI=1S/C30H28NO3P/c1-32-25-15-7-10-18-28(25)35(29-19-11-8-16-26(29)33-2)27-17-9-6-14-24(27)30-31-23(21-34-30)20-22-12-4-3-5-13-22/h3-19,23H,20-21H2,1-2H3/t23-/m0/s1. The van der Waals surface area contributed by atoms with Crippen molar-refractivity contribution in [2.45, 2.75) is 12.5 Å². The summed E-state index contributed by atoms with van der Waals surface area (Å²) in [6.45, 7) is 0.583. The van der Waals surface area contributed by atoms with Gasteiger partial charge in [-0.1, -0.05) is 84.9 Å².